The van der Waals surface area contributed by atoms with Crippen LogP contribution in [0.15, 0.2) is 0 Å². The molecule has 0 aromatic rings. The van der Waals surface area contributed by atoms with E-state index in [1.807, 2.05) is 0 Å². The van der Waals surface area contributed by atoms with Gasteiger partial charge in [-0.25, -0.2) is 0 Å². The molecule has 3 N–H and O–H groups in total. The predicted octanol–water partition coefficient (Wildman–Crippen LogP) is -1.93. The summed E-state index contributed by atoms with van der Waals surface area (Å²) in [6.07, 6.45) is -4.08. The Balaban J connectivity index is 2.55. The van der Waals surface area contributed by atoms with E-state index >= 15 is 0 Å². The van der Waals surface area contributed by atoms with E-state index in [-0.39, 0.29) is 6.61 Å². The van der Waals surface area contributed by atoms with Crippen LogP contribution in [-0.2, 0) is 9.47 Å². The molecule has 11 heavy (non-hydrogen) atoms. The van der Waals surface area contributed by atoms with Crippen molar-refractivity contribution >= 4 is 0 Å². The van der Waals surface area contributed by atoms with E-state index in [1.54, 1.807) is 0 Å². The molecule has 0 amide bonds. The Kier molecular flexibility index (Phi) is 2.80. The van der Waals surface area contributed by atoms with Gasteiger partial charge >= 0.3 is 0 Å². The van der Waals surface area contributed by atoms with Crippen molar-refractivity contribution in [3.05, 3.63) is 0 Å². The van der Waals surface area contributed by atoms with Gasteiger partial charge in [0.2, 0.25) is 0 Å². The minimum atomic E-state index is -1.15. The number of hydrogen-bond donors (Lipinski definition) is 3. The average Bonchev–Trinajstić information content (AvgIpc) is 1.99. The van der Waals surface area contributed by atoms with Gasteiger partial charge in [0.15, 0.2) is 6.29 Å². The van der Waals surface area contributed by atoms with Crippen molar-refractivity contribution < 1.29 is 24.8 Å². The van der Waals surface area contributed by atoms with Crippen LogP contribution in [0.3, 0.4) is 0 Å². The molecule has 1 aliphatic rings. The van der Waals surface area contributed by atoms with Gasteiger partial charge in [-0.3, -0.25) is 0 Å². The van der Waals surface area contributed by atoms with Gasteiger partial charge in [0.25, 0.3) is 0 Å². The Bertz CT molecular complexity index is 128. The number of aliphatic hydroxyl groups is 3. The molecule has 5 heteroatoms. The Hall–Kier alpha value is -0.200. The van der Waals surface area contributed by atoms with E-state index < -0.39 is 24.6 Å². The molecule has 0 aliphatic carbocycles. The lowest BCUT2D eigenvalue weighted by Crippen LogP contribution is -2.53. The van der Waals surface area contributed by atoms with Crippen molar-refractivity contribution in [2.24, 2.45) is 0 Å². The highest BCUT2D eigenvalue weighted by Gasteiger charge is 2.37. The average molecular weight is 164 g/mol. The van der Waals surface area contributed by atoms with E-state index in [1.165, 1.54) is 7.11 Å². The summed E-state index contributed by atoms with van der Waals surface area (Å²) < 4.78 is 9.39. The summed E-state index contributed by atoms with van der Waals surface area (Å²) in [5.74, 6) is 0. The fourth-order valence-electron chi connectivity index (χ4n) is 1.03. The molecule has 0 unspecified atom stereocenters. The van der Waals surface area contributed by atoms with Crippen LogP contribution in [0, 0.1) is 0 Å². The lowest BCUT2D eigenvalue weighted by molar-refractivity contribution is -0.258. The second-order valence-electron chi connectivity index (χ2n) is 2.48. The summed E-state index contributed by atoms with van der Waals surface area (Å²) in [6.45, 7) is -0.0673. The molecular formula is C6H12O5. The van der Waals surface area contributed by atoms with Crippen molar-refractivity contribution in [1.82, 2.24) is 0 Å². The maximum Gasteiger partial charge on any atom is 0.183 e. The standard InChI is InChI=1S/C6H12O5/c1-10-5-4(8)3(7)2-11-6(5)9/h3-9H,2H2,1H3/t3-,4-,5+,6-/m1/s1. The van der Waals surface area contributed by atoms with E-state index in [9.17, 15) is 5.11 Å². The van der Waals surface area contributed by atoms with Crippen molar-refractivity contribution in [2.45, 2.75) is 24.6 Å². The summed E-state index contributed by atoms with van der Waals surface area (Å²) in [5, 5.41) is 27.3. The first-order valence-corrected chi connectivity index (χ1v) is 3.35. The topological polar surface area (TPSA) is 79.2 Å². The van der Waals surface area contributed by atoms with Crippen LogP contribution < -0.4 is 0 Å². The highest BCUT2D eigenvalue weighted by atomic mass is 16.6. The van der Waals surface area contributed by atoms with Gasteiger partial charge < -0.3 is 24.8 Å². The second-order valence-corrected chi connectivity index (χ2v) is 2.48. The van der Waals surface area contributed by atoms with Crippen LogP contribution in [0.2, 0.25) is 0 Å². The van der Waals surface area contributed by atoms with Crippen molar-refractivity contribution in [2.75, 3.05) is 13.7 Å². The molecule has 0 aromatic heterocycles. The summed E-state index contributed by atoms with van der Waals surface area (Å²) in [5.41, 5.74) is 0. The largest absolute Gasteiger partial charge is 0.388 e. The number of aliphatic hydroxyl groups excluding tert-OH is 3. The van der Waals surface area contributed by atoms with Crippen LogP contribution in [0.5, 0.6) is 0 Å². The van der Waals surface area contributed by atoms with Gasteiger partial charge in [0, 0.05) is 7.11 Å². The highest BCUT2D eigenvalue weighted by Crippen LogP contribution is 2.15. The molecule has 66 valence electrons. The monoisotopic (exact) mass is 164 g/mol. The second kappa shape index (κ2) is 3.46. The number of ether oxygens (including phenoxy) is 2. The smallest absolute Gasteiger partial charge is 0.183 e. The maximum absolute atomic E-state index is 9.19. The van der Waals surface area contributed by atoms with Crippen LogP contribution in [-0.4, -0.2) is 53.6 Å². The van der Waals surface area contributed by atoms with Crippen LogP contribution in [0.1, 0.15) is 0 Å². The first-order chi connectivity index (χ1) is 5.16. The summed E-state index contributed by atoms with van der Waals surface area (Å²) >= 11 is 0. The molecule has 0 aromatic carbocycles. The summed E-state index contributed by atoms with van der Waals surface area (Å²) in [4.78, 5) is 0. The van der Waals surface area contributed by atoms with E-state index in [0.29, 0.717) is 0 Å². The molecule has 1 heterocycles. The third-order valence-electron chi connectivity index (χ3n) is 1.72. The normalized spacial score (nSPS) is 45.8. The third kappa shape index (κ3) is 1.69. The molecule has 1 fully saturated rings. The molecule has 0 spiro atoms. The number of hydrogen-bond acceptors (Lipinski definition) is 5. The van der Waals surface area contributed by atoms with Crippen LogP contribution in [0.25, 0.3) is 0 Å². The Morgan fingerprint density at radius 1 is 1.36 bits per heavy atom. The zero-order chi connectivity index (χ0) is 8.43. The minimum absolute atomic E-state index is 0.0673. The molecular weight excluding hydrogens is 152 g/mol. The van der Waals surface area contributed by atoms with E-state index in [2.05, 4.69) is 4.74 Å². The summed E-state index contributed by atoms with van der Waals surface area (Å²) in [7, 11) is 1.33. The molecule has 1 rings (SSSR count). The van der Waals surface area contributed by atoms with Crippen molar-refractivity contribution in [1.29, 1.82) is 0 Å². The lowest BCUT2D eigenvalue weighted by Gasteiger charge is -2.34. The zero-order valence-corrected chi connectivity index (χ0v) is 6.17. The number of methoxy groups -OCH3 is 1. The molecule has 1 saturated heterocycles. The zero-order valence-electron chi connectivity index (χ0n) is 6.17. The van der Waals surface area contributed by atoms with E-state index in [0.717, 1.165) is 0 Å². The molecule has 5 nitrogen and oxygen atoms in total. The van der Waals surface area contributed by atoms with Gasteiger partial charge in [-0.15, -0.1) is 0 Å². The fourth-order valence-corrected chi connectivity index (χ4v) is 1.03. The molecule has 0 bridgehead atoms. The molecule has 0 radical (unpaired) electrons. The first-order valence-electron chi connectivity index (χ1n) is 3.35. The third-order valence-corrected chi connectivity index (χ3v) is 1.72. The number of rotatable bonds is 1. The SMILES string of the molecule is CO[C@H]1[C@H](O)[C@H](O)CO[C@H]1O. The molecule has 1 aliphatic heterocycles. The summed E-state index contributed by atoms with van der Waals surface area (Å²) in [6, 6.07) is 0. The van der Waals surface area contributed by atoms with E-state index in [4.69, 9.17) is 14.9 Å². The molecule has 0 saturated carbocycles. The maximum atomic E-state index is 9.19. The van der Waals surface area contributed by atoms with Gasteiger partial charge in [-0.05, 0) is 0 Å². The fraction of sp³-hybridized carbons (Fsp3) is 1.00. The minimum Gasteiger partial charge on any atom is -0.388 e. The van der Waals surface area contributed by atoms with Gasteiger partial charge in [0.1, 0.15) is 18.3 Å². The van der Waals surface area contributed by atoms with Crippen molar-refractivity contribution in [3.63, 3.8) is 0 Å². The van der Waals surface area contributed by atoms with Crippen LogP contribution >= 0.6 is 0 Å². The quantitative estimate of drug-likeness (QED) is 0.420. The predicted molar refractivity (Wildman–Crippen MR) is 34.8 cm³/mol. The first kappa shape index (κ1) is 8.89. The van der Waals surface area contributed by atoms with Crippen molar-refractivity contribution in [3.8, 4) is 0 Å². The van der Waals surface area contributed by atoms with Crippen LogP contribution in [0.4, 0.5) is 0 Å². The van der Waals surface area contributed by atoms with Gasteiger partial charge in [-0.2, -0.15) is 0 Å². The van der Waals surface area contributed by atoms with Gasteiger partial charge in [-0.1, -0.05) is 0 Å². The molecule has 4 atom stereocenters. The Labute approximate surface area is 64.2 Å². The Morgan fingerprint density at radius 2 is 2.00 bits per heavy atom. The lowest BCUT2D eigenvalue weighted by atomic mass is 10.1. The highest BCUT2D eigenvalue weighted by molar-refractivity contribution is 4.82. The Morgan fingerprint density at radius 3 is 2.45 bits per heavy atom. The van der Waals surface area contributed by atoms with Gasteiger partial charge in [0.05, 0.1) is 6.61 Å².